The van der Waals surface area contributed by atoms with Crippen molar-refractivity contribution in [2.45, 2.75) is 90.9 Å². The molecule has 0 amide bonds. The van der Waals surface area contributed by atoms with Crippen LogP contribution in [0.4, 0.5) is 0 Å². The van der Waals surface area contributed by atoms with E-state index in [1.54, 1.807) is 12.1 Å². The first-order chi connectivity index (χ1) is 14.1. The molecule has 0 aliphatic heterocycles. The monoisotopic (exact) mass is 399 g/mol. The third-order valence-electron chi connectivity index (χ3n) is 6.08. The molecule has 0 N–H and O–H groups in total. The van der Waals surface area contributed by atoms with Gasteiger partial charge in [0.25, 0.3) is 0 Å². The maximum absolute atomic E-state index is 12.6. The van der Waals surface area contributed by atoms with E-state index in [0.29, 0.717) is 12.4 Å². The molecule has 0 spiro atoms. The predicted molar refractivity (Wildman–Crippen MR) is 116 cm³/mol. The van der Waals surface area contributed by atoms with Crippen LogP contribution in [-0.2, 0) is 4.79 Å². The first-order valence-electron chi connectivity index (χ1n) is 11.5. The molecule has 0 saturated heterocycles. The van der Waals surface area contributed by atoms with Gasteiger partial charge in [0.2, 0.25) is 0 Å². The van der Waals surface area contributed by atoms with E-state index < -0.39 is 0 Å². The van der Waals surface area contributed by atoms with Gasteiger partial charge in [0.05, 0.1) is 24.0 Å². The van der Waals surface area contributed by atoms with Crippen molar-refractivity contribution in [3.05, 3.63) is 24.3 Å². The molecule has 0 aromatic heterocycles. The molecule has 2 rings (SSSR count). The molecule has 1 fully saturated rings. The molecule has 29 heavy (non-hydrogen) atoms. The van der Waals surface area contributed by atoms with Crippen molar-refractivity contribution in [3.8, 4) is 17.6 Å². The van der Waals surface area contributed by atoms with Crippen LogP contribution in [0.3, 0.4) is 0 Å². The van der Waals surface area contributed by atoms with Gasteiger partial charge in [0.15, 0.2) is 0 Å². The Kier molecular flexibility index (Phi) is 10.0. The molecule has 0 atom stereocenters. The molecule has 1 aliphatic rings. The number of esters is 1. The van der Waals surface area contributed by atoms with Gasteiger partial charge in [-0.25, -0.2) is 0 Å². The van der Waals surface area contributed by atoms with Gasteiger partial charge in [0, 0.05) is 0 Å². The maximum Gasteiger partial charge on any atom is 0.314 e. The van der Waals surface area contributed by atoms with Crippen molar-refractivity contribution in [3.63, 3.8) is 0 Å². The summed E-state index contributed by atoms with van der Waals surface area (Å²) >= 11 is 0. The molecule has 0 heterocycles. The Hall–Kier alpha value is -2.02. The third-order valence-corrected chi connectivity index (χ3v) is 6.08. The molecule has 1 saturated carbocycles. The largest absolute Gasteiger partial charge is 0.494 e. The molecule has 1 aliphatic carbocycles. The average molecular weight is 400 g/mol. The van der Waals surface area contributed by atoms with Crippen molar-refractivity contribution in [1.82, 2.24) is 0 Å². The van der Waals surface area contributed by atoms with E-state index in [1.807, 2.05) is 12.1 Å². The number of hydrogen-bond donors (Lipinski definition) is 0. The zero-order chi connectivity index (χ0) is 21.0. The second kappa shape index (κ2) is 12.5. The number of nitriles is 1. The van der Waals surface area contributed by atoms with E-state index >= 15 is 0 Å². The molecule has 0 radical (unpaired) electrons. The fourth-order valence-electron chi connectivity index (χ4n) is 4.03. The van der Waals surface area contributed by atoms with Crippen LogP contribution in [0.25, 0.3) is 0 Å². The second-order valence-electron chi connectivity index (χ2n) is 8.43. The fourth-order valence-corrected chi connectivity index (χ4v) is 4.03. The van der Waals surface area contributed by atoms with Gasteiger partial charge in [-0.2, -0.15) is 5.26 Å². The van der Waals surface area contributed by atoms with Crippen LogP contribution in [0.1, 0.15) is 90.9 Å². The van der Waals surface area contributed by atoms with Crippen molar-refractivity contribution in [2.75, 3.05) is 6.61 Å². The number of hydrogen-bond acceptors (Lipinski definition) is 4. The lowest BCUT2D eigenvalue weighted by molar-refractivity contribution is -0.140. The zero-order valence-electron chi connectivity index (χ0n) is 18.3. The van der Waals surface area contributed by atoms with Gasteiger partial charge >= 0.3 is 5.97 Å². The number of ether oxygens (including phenoxy) is 2. The van der Waals surface area contributed by atoms with E-state index in [9.17, 15) is 10.1 Å². The Morgan fingerprint density at radius 1 is 1.00 bits per heavy atom. The molecule has 4 nitrogen and oxygen atoms in total. The molecule has 160 valence electrons. The highest BCUT2D eigenvalue weighted by Gasteiger charge is 2.37. The van der Waals surface area contributed by atoms with Crippen LogP contribution in [0, 0.1) is 22.7 Å². The molecule has 1 aromatic carbocycles. The van der Waals surface area contributed by atoms with Crippen LogP contribution in [-0.4, -0.2) is 12.6 Å². The van der Waals surface area contributed by atoms with Crippen LogP contribution in [0.2, 0.25) is 0 Å². The minimum atomic E-state index is -0.236. The van der Waals surface area contributed by atoms with Crippen molar-refractivity contribution >= 4 is 5.97 Å². The SMILES string of the molecule is CCCCCCC[C@]1(C#N)CC[C@H](C(=O)Oc2ccc(OCCCC)cc2)CC1. The smallest absolute Gasteiger partial charge is 0.314 e. The summed E-state index contributed by atoms with van der Waals surface area (Å²) in [7, 11) is 0. The number of nitrogens with zero attached hydrogens (tertiary/aromatic N) is 1. The zero-order valence-corrected chi connectivity index (χ0v) is 18.3. The number of rotatable bonds is 12. The summed E-state index contributed by atoms with van der Waals surface area (Å²) in [6, 6.07) is 9.85. The number of unbranched alkanes of at least 4 members (excludes halogenated alkanes) is 5. The van der Waals surface area contributed by atoms with E-state index in [1.165, 1.54) is 25.7 Å². The Labute approximate surface area is 176 Å². The molecular weight excluding hydrogens is 362 g/mol. The van der Waals surface area contributed by atoms with Gasteiger partial charge in [-0.15, -0.1) is 0 Å². The summed E-state index contributed by atoms with van der Waals surface area (Å²) in [5.41, 5.74) is -0.236. The highest BCUT2D eigenvalue weighted by molar-refractivity contribution is 5.75. The lowest BCUT2D eigenvalue weighted by Crippen LogP contribution is -2.31. The van der Waals surface area contributed by atoms with Gasteiger partial charge in [-0.05, 0) is 62.8 Å². The van der Waals surface area contributed by atoms with Gasteiger partial charge in [-0.1, -0.05) is 52.4 Å². The summed E-state index contributed by atoms with van der Waals surface area (Å²) in [5.74, 6) is 1.09. The summed E-state index contributed by atoms with van der Waals surface area (Å²) in [6.07, 6.45) is 12.3. The van der Waals surface area contributed by atoms with Crippen LogP contribution >= 0.6 is 0 Å². The minimum absolute atomic E-state index is 0.1000. The van der Waals surface area contributed by atoms with Crippen LogP contribution < -0.4 is 9.47 Å². The van der Waals surface area contributed by atoms with Crippen molar-refractivity contribution < 1.29 is 14.3 Å². The van der Waals surface area contributed by atoms with Crippen LogP contribution in [0.15, 0.2) is 24.3 Å². The Morgan fingerprint density at radius 2 is 1.62 bits per heavy atom. The molecule has 0 unspecified atom stereocenters. The second-order valence-corrected chi connectivity index (χ2v) is 8.43. The first-order valence-corrected chi connectivity index (χ1v) is 11.5. The lowest BCUT2D eigenvalue weighted by Gasteiger charge is -2.34. The van der Waals surface area contributed by atoms with Crippen molar-refractivity contribution in [2.24, 2.45) is 11.3 Å². The summed E-state index contributed by atoms with van der Waals surface area (Å²) in [6.45, 7) is 5.05. The van der Waals surface area contributed by atoms with E-state index in [-0.39, 0.29) is 17.3 Å². The molecule has 4 heteroatoms. The average Bonchev–Trinajstić information content (AvgIpc) is 2.75. The minimum Gasteiger partial charge on any atom is -0.494 e. The third kappa shape index (κ3) is 7.72. The fraction of sp³-hybridized carbons (Fsp3) is 0.680. The van der Waals surface area contributed by atoms with Crippen LogP contribution in [0.5, 0.6) is 11.5 Å². The quantitative estimate of drug-likeness (QED) is 0.219. The number of carbonyl (C=O) groups excluding carboxylic acids is 1. The standard InChI is InChI=1S/C25H37NO3/c1-3-5-7-8-9-16-25(20-26)17-14-21(15-18-25)24(27)29-23-12-10-22(11-13-23)28-19-6-4-2/h10-13,21H,3-9,14-19H2,1-2H3/t21-,25-. The summed E-state index contributed by atoms with van der Waals surface area (Å²) in [5, 5.41) is 9.73. The normalized spacial score (nSPS) is 21.3. The molecule has 1 aromatic rings. The Morgan fingerprint density at radius 3 is 2.24 bits per heavy atom. The lowest BCUT2D eigenvalue weighted by atomic mass is 9.69. The maximum atomic E-state index is 12.6. The van der Waals surface area contributed by atoms with E-state index in [4.69, 9.17) is 9.47 Å². The predicted octanol–water partition coefficient (Wildman–Crippen LogP) is 6.83. The van der Waals surface area contributed by atoms with Gasteiger partial charge in [0.1, 0.15) is 11.5 Å². The van der Waals surface area contributed by atoms with Gasteiger partial charge < -0.3 is 9.47 Å². The Balaban J connectivity index is 1.76. The number of carbonyl (C=O) groups is 1. The highest BCUT2D eigenvalue weighted by Crippen LogP contribution is 2.42. The number of benzene rings is 1. The topological polar surface area (TPSA) is 59.3 Å². The Bertz CT molecular complexity index is 639. The first kappa shape index (κ1) is 23.3. The van der Waals surface area contributed by atoms with Crippen molar-refractivity contribution in [1.29, 1.82) is 5.26 Å². The van der Waals surface area contributed by atoms with Gasteiger partial charge in [-0.3, -0.25) is 4.79 Å². The van der Waals surface area contributed by atoms with E-state index in [0.717, 1.165) is 57.1 Å². The summed E-state index contributed by atoms with van der Waals surface area (Å²) in [4.78, 5) is 12.6. The van der Waals surface area contributed by atoms with E-state index in [2.05, 4.69) is 19.9 Å². The molecule has 0 bridgehead atoms. The summed E-state index contributed by atoms with van der Waals surface area (Å²) < 4.78 is 11.2. The molecular formula is C25H37NO3. The highest BCUT2D eigenvalue weighted by atomic mass is 16.5.